The van der Waals surface area contributed by atoms with Crippen LogP contribution in [0.25, 0.3) is 0 Å². The fraction of sp³-hybridized carbons (Fsp3) is 0.316. The summed E-state index contributed by atoms with van der Waals surface area (Å²) in [4.78, 5) is 13.0. The van der Waals surface area contributed by atoms with Gasteiger partial charge in [0, 0.05) is 4.88 Å². The first-order valence-corrected chi connectivity index (χ1v) is 8.68. The van der Waals surface area contributed by atoms with Crippen LogP contribution in [0.3, 0.4) is 0 Å². The van der Waals surface area contributed by atoms with Gasteiger partial charge in [-0.2, -0.15) is 0 Å². The van der Waals surface area contributed by atoms with Crippen LogP contribution in [0.4, 0.5) is 0 Å². The Morgan fingerprint density at radius 2 is 2.09 bits per heavy atom. The average molecular weight is 326 g/mol. The summed E-state index contributed by atoms with van der Waals surface area (Å²) in [5.41, 5.74) is 2.50. The lowest BCUT2D eigenvalue weighted by molar-refractivity contribution is -0.120. The molecule has 2 aromatic rings. The molecule has 0 radical (unpaired) electrons. The van der Waals surface area contributed by atoms with Crippen LogP contribution in [-0.4, -0.2) is 19.0 Å². The van der Waals surface area contributed by atoms with Crippen molar-refractivity contribution in [3.63, 3.8) is 0 Å². The third-order valence-corrected chi connectivity index (χ3v) is 4.47. The molecule has 1 aromatic carbocycles. The van der Waals surface area contributed by atoms with E-state index in [4.69, 9.17) is 6.42 Å². The second-order valence-corrected chi connectivity index (χ2v) is 6.28. The Kier molecular flexibility index (Phi) is 6.86. The zero-order valence-electron chi connectivity index (χ0n) is 13.3. The number of thiophene rings is 1. The number of rotatable bonds is 8. The number of aryl methyl sites for hydroxylation is 1. The molecule has 0 saturated carbocycles. The Morgan fingerprint density at radius 1 is 1.30 bits per heavy atom. The maximum absolute atomic E-state index is 11.8. The van der Waals surface area contributed by atoms with Crippen molar-refractivity contribution in [2.45, 2.75) is 25.8 Å². The molecule has 0 aliphatic rings. The Morgan fingerprint density at radius 3 is 2.70 bits per heavy atom. The Bertz CT molecular complexity index is 641. The first kappa shape index (κ1) is 17.3. The van der Waals surface area contributed by atoms with Crippen molar-refractivity contribution in [1.29, 1.82) is 0 Å². The zero-order chi connectivity index (χ0) is 16.5. The van der Waals surface area contributed by atoms with Crippen LogP contribution in [0.2, 0.25) is 0 Å². The van der Waals surface area contributed by atoms with E-state index < -0.39 is 0 Å². The molecule has 0 aliphatic carbocycles. The standard InChI is InChI=1S/C19H22N2OS/c1-3-6-15-8-10-16(11-9-15)19(17-7-5-13-23-17)21-14-18(22)20-12-4-2/h2,5,7-11,13,19,21H,3,6,12,14H2,1H3,(H,20,22)/t19-/m1/s1. The highest BCUT2D eigenvalue weighted by molar-refractivity contribution is 7.10. The number of carbonyl (C=O) groups excluding carboxylic acids is 1. The van der Waals surface area contributed by atoms with Crippen molar-refractivity contribution in [3.05, 3.63) is 57.8 Å². The molecule has 1 atom stereocenters. The van der Waals surface area contributed by atoms with E-state index in [-0.39, 0.29) is 25.0 Å². The van der Waals surface area contributed by atoms with Crippen LogP contribution in [-0.2, 0) is 11.2 Å². The number of terminal acetylenes is 1. The lowest BCUT2D eigenvalue weighted by atomic mass is 10.0. The highest BCUT2D eigenvalue weighted by Crippen LogP contribution is 2.26. The summed E-state index contributed by atoms with van der Waals surface area (Å²) in [5, 5.41) is 8.05. The van der Waals surface area contributed by atoms with E-state index in [9.17, 15) is 4.79 Å². The minimum atomic E-state index is -0.0906. The molecule has 120 valence electrons. The minimum Gasteiger partial charge on any atom is -0.344 e. The zero-order valence-corrected chi connectivity index (χ0v) is 14.2. The van der Waals surface area contributed by atoms with Gasteiger partial charge in [0.05, 0.1) is 19.1 Å². The van der Waals surface area contributed by atoms with Gasteiger partial charge in [-0.15, -0.1) is 17.8 Å². The summed E-state index contributed by atoms with van der Waals surface area (Å²) in [5.74, 6) is 2.32. The predicted molar refractivity (Wildman–Crippen MR) is 96.4 cm³/mol. The average Bonchev–Trinajstić information content (AvgIpc) is 3.09. The lowest BCUT2D eigenvalue weighted by Gasteiger charge is -2.18. The van der Waals surface area contributed by atoms with Gasteiger partial charge in [0.1, 0.15) is 0 Å². The van der Waals surface area contributed by atoms with Gasteiger partial charge in [-0.1, -0.05) is 49.6 Å². The number of nitrogens with one attached hydrogen (secondary N) is 2. The highest BCUT2D eigenvalue weighted by Gasteiger charge is 2.16. The maximum atomic E-state index is 11.8. The lowest BCUT2D eigenvalue weighted by Crippen LogP contribution is -2.36. The molecule has 0 unspecified atom stereocenters. The van der Waals surface area contributed by atoms with Crippen LogP contribution < -0.4 is 10.6 Å². The molecular formula is C19H22N2OS. The summed E-state index contributed by atoms with van der Waals surface area (Å²) in [6.07, 6.45) is 7.39. The van der Waals surface area contributed by atoms with Gasteiger partial charge in [-0.25, -0.2) is 0 Å². The fourth-order valence-electron chi connectivity index (χ4n) is 2.41. The molecule has 3 nitrogen and oxygen atoms in total. The summed E-state index contributed by atoms with van der Waals surface area (Å²) < 4.78 is 0. The molecular weight excluding hydrogens is 304 g/mol. The first-order valence-electron chi connectivity index (χ1n) is 7.80. The second kappa shape index (κ2) is 9.14. The van der Waals surface area contributed by atoms with Gasteiger partial charge in [0.15, 0.2) is 0 Å². The molecule has 4 heteroatoms. The first-order chi connectivity index (χ1) is 11.2. The molecule has 0 fully saturated rings. The number of hydrogen-bond donors (Lipinski definition) is 2. The Hall–Kier alpha value is -2.09. The molecule has 0 aliphatic heterocycles. The van der Waals surface area contributed by atoms with Crippen molar-refractivity contribution in [3.8, 4) is 12.3 Å². The van der Waals surface area contributed by atoms with Gasteiger partial charge < -0.3 is 5.32 Å². The minimum absolute atomic E-state index is 0.0160. The monoisotopic (exact) mass is 326 g/mol. The summed E-state index contributed by atoms with van der Waals surface area (Å²) in [6.45, 7) is 2.68. The summed E-state index contributed by atoms with van der Waals surface area (Å²) in [6, 6.07) is 12.7. The van der Waals surface area contributed by atoms with Crippen molar-refractivity contribution < 1.29 is 4.79 Å². The quantitative estimate of drug-likeness (QED) is 0.732. The second-order valence-electron chi connectivity index (χ2n) is 5.30. The van der Waals surface area contributed by atoms with Crippen LogP contribution in [0.1, 0.15) is 35.4 Å². The topological polar surface area (TPSA) is 41.1 Å². The molecule has 2 N–H and O–H groups in total. The molecule has 1 aromatic heterocycles. The van der Waals surface area contributed by atoms with Gasteiger partial charge in [-0.3, -0.25) is 10.1 Å². The third kappa shape index (κ3) is 5.24. The SMILES string of the molecule is C#CCNC(=O)CN[C@H](c1ccc(CCC)cc1)c1cccs1. The van der Waals surface area contributed by atoms with E-state index in [0.29, 0.717) is 0 Å². The van der Waals surface area contributed by atoms with Crippen molar-refractivity contribution in [1.82, 2.24) is 10.6 Å². The molecule has 1 amide bonds. The number of hydrogen-bond acceptors (Lipinski definition) is 3. The normalized spacial score (nSPS) is 11.7. The van der Waals surface area contributed by atoms with E-state index in [1.165, 1.54) is 10.4 Å². The number of benzene rings is 1. The largest absolute Gasteiger partial charge is 0.344 e. The Labute approximate surface area is 142 Å². The van der Waals surface area contributed by atoms with Crippen LogP contribution in [0, 0.1) is 12.3 Å². The van der Waals surface area contributed by atoms with Crippen LogP contribution in [0.15, 0.2) is 41.8 Å². The summed E-state index contributed by atoms with van der Waals surface area (Å²) >= 11 is 1.68. The van der Waals surface area contributed by atoms with E-state index in [1.54, 1.807) is 11.3 Å². The van der Waals surface area contributed by atoms with Gasteiger partial charge in [0.25, 0.3) is 0 Å². The fourth-order valence-corrected chi connectivity index (χ4v) is 3.24. The molecule has 1 heterocycles. The Balaban J connectivity index is 2.09. The predicted octanol–water partition coefficient (Wildman–Crippen LogP) is 3.13. The summed E-state index contributed by atoms with van der Waals surface area (Å²) in [7, 11) is 0. The van der Waals surface area contributed by atoms with E-state index in [1.807, 2.05) is 11.4 Å². The van der Waals surface area contributed by atoms with E-state index in [2.05, 4.69) is 53.8 Å². The van der Waals surface area contributed by atoms with Gasteiger partial charge in [-0.05, 0) is 29.0 Å². The van der Waals surface area contributed by atoms with Gasteiger partial charge >= 0.3 is 0 Å². The molecule has 0 bridgehead atoms. The number of amides is 1. The molecule has 0 saturated heterocycles. The highest BCUT2D eigenvalue weighted by atomic mass is 32.1. The van der Waals surface area contributed by atoms with Crippen LogP contribution in [0.5, 0.6) is 0 Å². The van der Waals surface area contributed by atoms with E-state index in [0.717, 1.165) is 18.4 Å². The third-order valence-electron chi connectivity index (χ3n) is 3.53. The molecule has 2 rings (SSSR count). The smallest absolute Gasteiger partial charge is 0.234 e. The van der Waals surface area contributed by atoms with Gasteiger partial charge in [0.2, 0.25) is 5.91 Å². The van der Waals surface area contributed by atoms with E-state index >= 15 is 0 Å². The van der Waals surface area contributed by atoms with Crippen molar-refractivity contribution in [2.24, 2.45) is 0 Å². The number of carbonyl (C=O) groups is 1. The van der Waals surface area contributed by atoms with Crippen molar-refractivity contribution in [2.75, 3.05) is 13.1 Å². The maximum Gasteiger partial charge on any atom is 0.234 e. The van der Waals surface area contributed by atoms with Crippen LogP contribution >= 0.6 is 11.3 Å². The molecule has 0 spiro atoms. The molecule has 23 heavy (non-hydrogen) atoms. The van der Waals surface area contributed by atoms with Crippen molar-refractivity contribution >= 4 is 17.2 Å².